The van der Waals surface area contributed by atoms with Crippen molar-refractivity contribution in [3.63, 3.8) is 0 Å². The molecule has 1 aromatic carbocycles. The summed E-state index contributed by atoms with van der Waals surface area (Å²) in [6.45, 7) is 3.28. The molecular weight excluding hydrogens is 325 g/mol. The van der Waals surface area contributed by atoms with Gasteiger partial charge in [-0.15, -0.1) is 0 Å². The number of carbonyl (C=O) groups excluding carboxylic acids is 1. The van der Waals surface area contributed by atoms with E-state index in [1.165, 1.54) is 12.1 Å². The first-order chi connectivity index (χ1) is 12.1. The Morgan fingerprint density at radius 2 is 2.16 bits per heavy atom. The van der Waals surface area contributed by atoms with Gasteiger partial charge in [-0.05, 0) is 38.0 Å². The summed E-state index contributed by atoms with van der Waals surface area (Å²) in [6, 6.07) is 6.85. The Balaban J connectivity index is 1.44. The van der Waals surface area contributed by atoms with Gasteiger partial charge in [-0.25, -0.2) is 4.39 Å². The second-order valence-corrected chi connectivity index (χ2v) is 6.52. The zero-order chi connectivity index (χ0) is 17.4. The predicted octanol–water partition coefficient (Wildman–Crippen LogP) is 2.65. The third-order valence-corrected chi connectivity index (χ3v) is 4.54. The Kier molecular flexibility index (Phi) is 4.17. The molecule has 0 radical (unpaired) electrons. The SMILES string of the molecule is Cc1cc(COCC(=O)N2CCN(C3CC3)c3cc(F)ccc32)no1. The first-order valence-corrected chi connectivity index (χ1v) is 8.48. The molecule has 0 unspecified atom stereocenters. The summed E-state index contributed by atoms with van der Waals surface area (Å²) >= 11 is 0. The quantitative estimate of drug-likeness (QED) is 0.834. The van der Waals surface area contributed by atoms with Gasteiger partial charge in [-0.3, -0.25) is 4.79 Å². The van der Waals surface area contributed by atoms with Crippen molar-refractivity contribution >= 4 is 17.3 Å². The average Bonchev–Trinajstić information content (AvgIpc) is 3.35. The lowest BCUT2D eigenvalue weighted by Crippen LogP contribution is -2.46. The van der Waals surface area contributed by atoms with E-state index in [4.69, 9.17) is 9.26 Å². The molecule has 1 saturated carbocycles. The van der Waals surface area contributed by atoms with Crippen molar-refractivity contribution in [2.45, 2.75) is 32.4 Å². The monoisotopic (exact) mass is 345 g/mol. The third kappa shape index (κ3) is 3.37. The van der Waals surface area contributed by atoms with Crippen LogP contribution >= 0.6 is 0 Å². The van der Waals surface area contributed by atoms with Gasteiger partial charge < -0.3 is 19.1 Å². The van der Waals surface area contributed by atoms with Crippen LogP contribution in [0, 0.1) is 12.7 Å². The number of fused-ring (bicyclic) bond motifs is 1. The van der Waals surface area contributed by atoms with Crippen molar-refractivity contribution in [2.24, 2.45) is 0 Å². The minimum Gasteiger partial charge on any atom is -0.365 e. The Hall–Kier alpha value is -2.41. The molecule has 1 fully saturated rings. The summed E-state index contributed by atoms with van der Waals surface area (Å²) in [4.78, 5) is 16.5. The van der Waals surface area contributed by atoms with E-state index in [2.05, 4.69) is 10.1 Å². The van der Waals surface area contributed by atoms with Crippen molar-refractivity contribution in [3.8, 4) is 0 Å². The molecular formula is C18H20FN3O3. The van der Waals surface area contributed by atoms with E-state index in [1.807, 2.05) is 0 Å². The second kappa shape index (κ2) is 6.48. The predicted molar refractivity (Wildman–Crippen MR) is 90.0 cm³/mol. The smallest absolute Gasteiger partial charge is 0.253 e. The van der Waals surface area contributed by atoms with Crippen LogP contribution in [0.1, 0.15) is 24.3 Å². The topological polar surface area (TPSA) is 58.8 Å². The van der Waals surface area contributed by atoms with E-state index in [0.717, 1.165) is 30.8 Å². The van der Waals surface area contributed by atoms with Crippen LogP contribution in [-0.2, 0) is 16.1 Å². The van der Waals surface area contributed by atoms with Crippen LogP contribution in [0.4, 0.5) is 15.8 Å². The van der Waals surface area contributed by atoms with Crippen molar-refractivity contribution in [1.82, 2.24) is 5.16 Å². The minimum absolute atomic E-state index is 0.0495. The molecule has 132 valence electrons. The number of carbonyl (C=O) groups is 1. The molecule has 2 heterocycles. The lowest BCUT2D eigenvalue weighted by molar-refractivity contribution is -0.123. The molecule has 6 nitrogen and oxygen atoms in total. The molecule has 0 bridgehead atoms. The summed E-state index contributed by atoms with van der Waals surface area (Å²) in [5.41, 5.74) is 2.21. The zero-order valence-electron chi connectivity index (χ0n) is 14.1. The molecule has 0 spiro atoms. The van der Waals surface area contributed by atoms with Crippen LogP contribution in [-0.4, -0.2) is 36.8 Å². The number of ether oxygens (including phenoxy) is 1. The molecule has 1 aliphatic heterocycles. The lowest BCUT2D eigenvalue weighted by atomic mass is 10.1. The first kappa shape index (κ1) is 16.1. The number of anilines is 2. The zero-order valence-corrected chi connectivity index (χ0v) is 14.1. The first-order valence-electron chi connectivity index (χ1n) is 8.48. The van der Waals surface area contributed by atoms with Crippen molar-refractivity contribution in [3.05, 3.63) is 41.5 Å². The number of rotatable bonds is 5. The summed E-state index contributed by atoms with van der Waals surface area (Å²) < 4.78 is 24.1. The van der Waals surface area contributed by atoms with Gasteiger partial charge in [-0.2, -0.15) is 0 Å². The Morgan fingerprint density at radius 1 is 1.32 bits per heavy atom. The standard InChI is InChI=1S/C18H20FN3O3/c1-12-8-14(20-25-12)10-24-11-18(23)22-7-6-21(15-3-4-15)17-9-13(19)2-5-16(17)22/h2,5,8-9,15H,3-4,6-7,10-11H2,1H3. The van der Waals surface area contributed by atoms with Crippen molar-refractivity contribution < 1.29 is 18.4 Å². The summed E-state index contributed by atoms with van der Waals surface area (Å²) in [5.74, 6) is 0.289. The average molecular weight is 345 g/mol. The van der Waals surface area contributed by atoms with Gasteiger partial charge in [-0.1, -0.05) is 5.16 Å². The van der Waals surface area contributed by atoms with E-state index >= 15 is 0 Å². The summed E-state index contributed by atoms with van der Waals surface area (Å²) in [5, 5.41) is 3.83. The van der Waals surface area contributed by atoms with E-state index < -0.39 is 0 Å². The lowest BCUT2D eigenvalue weighted by Gasteiger charge is -2.38. The second-order valence-electron chi connectivity index (χ2n) is 6.52. The van der Waals surface area contributed by atoms with Crippen LogP contribution in [0.2, 0.25) is 0 Å². The van der Waals surface area contributed by atoms with E-state index in [-0.39, 0.29) is 24.9 Å². The fourth-order valence-electron chi connectivity index (χ4n) is 3.23. The van der Waals surface area contributed by atoms with Crippen molar-refractivity contribution in [2.75, 3.05) is 29.5 Å². The highest BCUT2D eigenvalue weighted by atomic mass is 19.1. The van der Waals surface area contributed by atoms with Crippen LogP contribution < -0.4 is 9.80 Å². The van der Waals surface area contributed by atoms with Crippen LogP contribution in [0.25, 0.3) is 0 Å². The molecule has 0 saturated heterocycles. The molecule has 7 heteroatoms. The fourth-order valence-corrected chi connectivity index (χ4v) is 3.23. The molecule has 1 amide bonds. The largest absolute Gasteiger partial charge is 0.365 e. The molecule has 2 aromatic rings. The third-order valence-electron chi connectivity index (χ3n) is 4.54. The number of hydrogen-bond acceptors (Lipinski definition) is 5. The highest BCUT2D eigenvalue weighted by molar-refractivity contribution is 5.98. The van der Waals surface area contributed by atoms with Crippen LogP contribution in [0.3, 0.4) is 0 Å². The Bertz CT molecular complexity index is 788. The molecule has 2 aliphatic rings. The number of halogens is 1. The molecule has 1 aromatic heterocycles. The summed E-state index contributed by atoms with van der Waals surface area (Å²) in [7, 11) is 0. The number of hydrogen-bond donors (Lipinski definition) is 0. The van der Waals surface area contributed by atoms with Gasteiger partial charge in [0.1, 0.15) is 23.9 Å². The van der Waals surface area contributed by atoms with Crippen LogP contribution in [0.5, 0.6) is 0 Å². The van der Waals surface area contributed by atoms with Gasteiger partial charge >= 0.3 is 0 Å². The van der Waals surface area contributed by atoms with Crippen LogP contribution in [0.15, 0.2) is 28.8 Å². The molecule has 0 atom stereocenters. The van der Waals surface area contributed by atoms with Gasteiger partial charge in [0.2, 0.25) is 0 Å². The molecule has 4 rings (SSSR count). The fraction of sp³-hybridized carbons (Fsp3) is 0.444. The maximum absolute atomic E-state index is 13.7. The number of benzene rings is 1. The van der Waals surface area contributed by atoms with Gasteiger partial charge in [0.25, 0.3) is 5.91 Å². The normalized spacial score (nSPS) is 16.9. The van der Waals surface area contributed by atoms with Gasteiger partial charge in [0.05, 0.1) is 18.0 Å². The number of nitrogens with zero attached hydrogens (tertiary/aromatic N) is 3. The van der Waals surface area contributed by atoms with Crippen molar-refractivity contribution in [1.29, 1.82) is 0 Å². The molecule has 1 aliphatic carbocycles. The minimum atomic E-state index is -0.281. The highest BCUT2D eigenvalue weighted by Gasteiger charge is 2.35. The number of amides is 1. The van der Waals surface area contributed by atoms with E-state index in [1.54, 1.807) is 24.0 Å². The highest BCUT2D eigenvalue weighted by Crippen LogP contribution is 2.40. The number of aromatic nitrogens is 1. The van der Waals surface area contributed by atoms with Gasteiger partial charge in [0, 0.05) is 25.2 Å². The van der Waals surface area contributed by atoms with Gasteiger partial charge in [0.15, 0.2) is 0 Å². The van der Waals surface area contributed by atoms with E-state index in [0.29, 0.717) is 24.0 Å². The summed E-state index contributed by atoms with van der Waals surface area (Å²) in [6.07, 6.45) is 2.26. The molecule has 0 N–H and O–H groups in total. The molecule has 25 heavy (non-hydrogen) atoms. The Morgan fingerprint density at radius 3 is 2.88 bits per heavy atom. The maximum Gasteiger partial charge on any atom is 0.253 e. The maximum atomic E-state index is 13.7. The Labute approximate surface area is 145 Å². The number of aryl methyl sites for hydroxylation is 1. The van der Waals surface area contributed by atoms with E-state index in [9.17, 15) is 9.18 Å².